The number of nitrogens with zero attached hydrogens (tertiary/aromatic N) is 1. The van der Waals surface area contributed by atoms with E-state index in [2.05, 4.69) is 10.0 Å². The van der Waals surface area contributed by atoms with Crippen molar-refractivity contribution in [3.05, 3.63) is 0 Å². The molecule has 3 atom stereocenters. The standard InChI is InChI=1S/C14H25N3O3S/c1-21(19,20)16-12-5-7-17(9-12)13(18)14-6-3-2-4-11(14)8-15-10-14/h11-12,15-16H,2-10H2,1H3/t11-,12?,14+/m0/s1. The second-order valence-electron chi connectivity index (χ2n) is 6.86. The largest absolute Gasteiger partial charge is 0.341 e. The fourth-order valence-corrected chi connectivity index (χ4v) is 5.12. The molecule has 1 unspecified atom stereocenters. The van der Waals surface area contributed by atoms with Crippen LogP contribution in [0.4, 0.5) is 0 Å². The molecule has 2 N–H and O–H groups in total. The van der Waals surface area contributed by atoms with Crippen LogP contribution in [0, 0.1) is 11.3 Å². The van der Waals surface area contributed by atoms with Gasteiger partial charge in [-0.25, -0.2) is 13.1 Å². The fraction of sp³-hybridized carbons (Fsp3) is 0.929. The van der Waals surface area contributed by atoms with Crippen molar-refractivity contribution in [1.29, 1.82) is 0 Å². The number of sulfonamides is 1. The first-order chi connectivity index (χ1) is 9.91. The summed E-state index contributed by atoms with van der Waals surface area (Å²) in [6.45, 7) is 2.92. The van der Waals surface area contributed by atoms with Crippen LogP contribution >= 0.6 is 0 Å². The minimum Gasteiger partial charge on any atom is -0.341 e. The number of carbonyl (C=O) groups is 1. The van der Waals surface area contributed by atoms with E-state index in [-0.39, 0.29) is 17.4 Å². The smallest absolute Gasteiger partial charge is 0.230 e. The van der Waals surface area contributed by atoms with E-state index in [1.807, 2.05) is 4.90 Å². The van der Waals surface area contributed by atoms with E-state index in [1.54, 1.807) is 0 Å². The average Bonchev–Trinajstić information content (AvgIpc) is 3.02. The van der Waals surface area contributed by atoms with Gasteiger partial charge in [-0.3, -0.25) is 4.79 Å². The minimum atomic E-state index is -3.20. The highest BCUT2D eigenvalue weighted by Gasteiger charge is 2.52. The Morgan fingerprint density at radius 3 is 2.90 bits per heavy atom. The predicted molar refractivity (Wildman–Crippen MR) is 80.2 cm³/mol. The van der Waals surface area contributed by atoms with Gasteiger partial charge in [0, 0.05) is 25.7 Å². The molecule has 3 fully saturated rings. The van der Waals surface area contributed by atoms with Gasteiger partial charge in [0.25, 0.3) is 0 Å². The van der Waals surface area contributed by atoms with Crippen LogP contribution in [0.25, 0.3) is 0 Å². The molecule has 7 heteroatoms. The third-order valence-electron chi connectivity index (χ3n) is 5.32. The highest BCUT2D eigenvalue weighted by molar-refractivity contribution is 7.88. The van der Waals surface area contributed by atoms with E-state index in [0.29, 0.717) is 25.4 Å². The van der Waals surface area contributed by atoms with E-state index in [9.17, 15) is 13.2 Å². The van der Waals surface area contributed by atoms with Crippen LogP contribution in [0.3, 0.4) is 0 Å². The van der Waals surface area contributed by atoms with Crippen molar-refractivity contribution in [2.75, 3.05) is 32.4 Å². The van der Waals surface area contributed by atoms with Crippen LogP contribution < -0.4 is 10.0 Å². The quantitative estimate of drug-likeness (QED) is 0.763. The number of amides is 1. The van der Waals surface area contributed by atoms with Gasteiger partial charge >= 0.3 is 0 Å². The zero-order valence-electron chi connectivity index (χ0n) is 12.6. The maximum absolute atomic E-state index is 13.0. The van der Waals surface area contributed by atoms with Gasteiger partial charge in [0.1, 0.15) is 0 Å². The molecular formula is C14H25N3O3S. The average molecular weight is 315 g/mol. The van der Waals surface area contributed by atoms with E-state index < -0.39 is 10.0 Å². The monoisotopic (exact) mass is 315 g/mol. The molecule has 0 aromatic heterocycles. The summed E-state index contributed by atoms with van der Waals surface area (Å²) in [7, 11) is -3.20. The Balaban J connectivity index is 1.68. The van der Waals surface area contributed by atoms with Gasteiger partial charge in [-0.05, 0) is 31.7 Å². The Labute approximate surface area is 126 Å². The number of hydrogen-bond donors (Lipinski definition) is 2. The van der Waals surface area contributed by atoms with Crippen molar-refractivity contribution in [2.24, 2.45) is 11.3 Å². The highest BCUT2D eigenvalue weighted by atomic mass is 32.2. The summed E-state index contributed by atoms with van der Waals surface area (Å²) >= 11 is 0. The van der Waals surface area contributed by atoms with Gasteiger partial charge in [-0.15, -0.1) is 0 Å². The number of carbonyl (C=O) groups excluding carboxylic acids is 1. The molecule has 2 heterocycles. The lowest BCUT2D eigenvalue weighted by molar-refractivity contribution is -0.144. The second kappa shape index (κ2) is 5.52. The zero-order valence-corrected chi connectivity index (χ0v) is 13.4. The normalized spacial score (nSPS) is 36.7. The predicted octanol–water partition coefficient (Wildman–Crippen LogP) is -0.0837. The van der Waals surface area contributed by atoms with E-state index in [1.165, 1.54) is 12.7 Å². The first-order valence-corrected chi connectivity index (χ1v) is 9.77. The van der Waals surface area contributed by atoms with E-state index >= 15 is 0 Å². The molecule has 0 radical (unpaired) electrons. The van der Waals surface area contributed by atoms with Crippen LogP contribution in [0.15, 0.2) is 0 Å². The first-order valence-electron chi connectivity index (χ1n) is 7.88. The lowest BCUT2D eigenvalue weighted by atomic mass is 9.67. The van der Waals surface area contributed by atoms with Crippen molar-refractivity contribution in [2.45, 2.75) is 38.1 Å². The molecule has 3 aliphatic rings. The Morgan fingerprint density at radius 2 is 2.14 bits per heavy atom. The van der Waals surface area contributed by atoms with Crippen LogP contribution in [0.1, 0.15) is 32.1 Å². The van der Waals surface area contributed by atoms with Crippen molar-refractivity contribution >= 4 is 15.9 Å². The van der Waals surface area contributed by atoms with Crippen LogP contribution in [-0.4, -0.2) is 57.7 Å². The van der Waals surface area contributed by atoms with Gasteiger partial charge in [-0.2, -0.15) is 0 Å². The van der Waals surface area contributed by atoms with Crippen molar-refractivity contribution in [1.82, 2.24) is 14.9 Å². The molecule has 0 aromatic rings. The molecule has 1 aliphatic carbocycles. The molecule has 120 valence electrons. The summed E-state index contributed by atoms with van der Waals surface area (Å²) in [5, 5.41) is 3.40. The van der Waals surface area contributed by atoms with Gasteiger partial charge in [-0.1, -0.05) is 12.8 Å². The lowest BCUT2D eigenvalue weighted by Crippen LogP contribution is -2.49. The summed E-state index contributed by atoms with van der Waals surface area (Å²) in [5.74, 6) is 0.704. The third-order valence-corrected chi connectivity index (χ3v) is 6.08. The Morgan fingerprint density at radius 1 is 1.33 bits per heavy atom. The molecule has 6 nitrogen and oxygen atoms in total. The van der Waals surface area contributed by atoms with Crippen molar-refractivity contribution < 1.29 is 13.2 Å². The van der Waals surface area contributed by atoms with E-state index in [4.69, 9.17) is 0 Å². The molecule has 1 amide bonds. The van der Waals surface area contributed by atoms with Gasteiger partial charge < -0.3 is 10.2 Å². The molecule has 3 rings (SSSR count). The summed E-state index contributed by atoms with van der Waals surface area (Å²) in [6.07, 6.45) is 6.35. The number of hydrogen-bond acceptors (Lipinski definition) is 4. The molecule has 0 bridgehead atoms. The number of nitrogens with one attached hydrogen (secondary N) is 2. The molecule has 21 heavy (non-hydrogen) atoms. The van der Waals surface area contributed by atoms with E-state index in [0.717, 1.165) is 32.4 Å². The number of rotatable bonds is 3. The van der Waals surface area contributed by atoms with Gasteiger partial charge in [0.2, 0.25) is 15.9 Å². The fourth-order valence-electron chi connectivity index (χ4n) is 4.33. The maximum atomic E-state index is 13.0. The van der Waals surface area contributed by atoms with Gasteiger partial charge in [0.15, 0.2) is 0 Å². The van der Waals surface area contributed by atoms with Crippen LogP contribution in [0.5, 0.6) is 0 Å². The van der Waals surface area contributed by atoms with Gasteiger partial charge in [0.05, 0.1) is 11.7 Å². The maximum Gasteiger partial charge on any atom is 0.230 e. The summed E-state index contributed by atoms with van der Waals surface area (Å²) in [4.78, 5) is 14.9. The first kappa shape index (κ1) is 15.2. The summed E-state index contributed by atoms with van der Waals surface area (Å²) in [6, 6.07) is -0.128. The number of likely N-dealkylation sites (tertiary alicyclic amines) is 1. The summed E-state index contributed by atoms with van der Waals surface area (Å²) < 4.78 is 25.3. The molecule has 0 aromatic carbocycles. The Hall–Kier alpha value is -0.660. The SMILES string of the molecule is CS(=O)(=O)NC1CCN(C(=O)[C@@]23CCCC[C@H]2CNC3)C1. The second-order valence-corrected chi connectivity index (χ2v) is 8.64. The third kappa shape index (κ3) is 2.96. The van der Waals surface area contributed by atoms with Crippen molar-refractivity contribution in [3.8, 4) is 0 Å². The van der Waals surface area contributed by atoms with Crippen LogP contribution in [0.2, 0.25) is 0 Å². The number of fused-ring (bicyclic) bond motifs is 1. The molecule has 0 spiro atoms. The van der Waals surface area contributed by atoms with Crippen molar-refractivity contribution in [3.63, 3.8) is 0 Å². The molecule has 2 saturated heterocycles. The zero-order chi connectivity index (χ0) is 15.1. The minimum absolute atomic E-state index is 0.128. The molecule has 1 saturated carbocycles. The Kier molecular flexibility index (Phi) is 4.00. The topological polar surface area (TPSA) is 78.5 Å². The Bertz CT molecular complexity index is 522. The molecule has 2 aliphatic heterocycles. The summed E-state index contributed by atoms with van der Waals surface area (Å²) in [5.41, 5.74) is -0.224. The van der Waals surface area contributed by atoms with Crippen LogP contribution in [-0.2, 0) is 14.8 Å². The highest BCUT2D eigenvalue weighted by Crippen LogP contribution is 2.45. The lowest BCUT2D eigenvalue weighted by Gasteiger charge is -2.39. The molecular weight excluding hydrogens is 290 g/mol.